The lowest BCUT2D eigenvalue weighted by Gasteiger charge is -2.45. The molecule has 4 atom stereocenters. The van der Waals surface area contributed by atoms with Crippen LogP contribution in [0.1, 0.15) is 42.5 Å². The van der Waals surface area contributed by atoms with Crippen LogP contribution in [-0.4, -0.2) is 46.4 Å². The highest BCUT2D eigenvalue weighted by Crippen LogP contribution is 2.45. The van der Waals surface area contributed by atoms with Gasteiger partial charge in [0.15, 0.2) is 0 Å². The third-order valence-electron chi connectivity index (χ3n) is 5.73. The zero-order valence-corrected chi connectivity index (χ0v) is 18.0. The molecule has 0 spiro atoms. The van der Waals surface area contributed by atoms with Crippen molar-refractivity contribution in [2.75, 3.05) is 13.2 Å². The van der Waals surface area contributed by atoms with E-state index in [0.29, 0.717) is 22.5 Å². The van der Waals surface area contributed by atoms with Gasteiger partial charge in [-0.2, -0.15) is 0 Å². The second-order valence-electron chi connectivity index (χ2n) is 8.10. The molecule has 2 aromatic rings. The molecule has 2 fully saturated rings. The minimum atomic E-state index is -1.02. The first-order chi connectivity index (χ1) is 14.5. The van der Waals surface area contributed by atoms with Gasteiger partial charge in [-0.1, -0.05) is 47.5 Å². The van der Waals surface area contributed by atoms with Gasteiger partial charge in [0, 0.05) is 23.0 Å². The molecule has 0 unspecified atom stereocenters. The average Bonchev–Trinajstić information content (AvgIpc) is 3.55. The van der Waals surface area contributed by atoms with Crippen LogP contribution in [0.15, 0.2) is 48.5 Å². The van der Waals surface area contributed by atoms with E-state index in [1.54, 1.807) is 6.07 Å². The molecule has 2 N–H and O–H groups in total. The van der Waals surface area contributed by atoms with Crippen molar-refractivity contribution in [3.8, 4) is 0 Å². The Morgan fingerprint density at radius 2 is 1.80 bits per heavy atom. The Kier molecular flexibility index (Phi) is 6.66. The number of hydrogen-bond acceptors (Lipinski definition) is 4. The van der Waals surface area contributed by atoms with Crippen LogP contribution < -0.4 is 0 Å². The summed E-state index contributed by atoms with van der Waals surface area (Å²) in [6, 6.07) is 14.6. The third-order valence-corrected chi connectivity index (χ3v) is 6.22. The number of carbonyl (C=O) groups excluding carboxylic acids is 1. The molecule has 2 aromatic carbocycles. The zero-order chi connectivity index (χ0) is 21.3. The predicted molar refractivity (Wildman–Crippen MR) is 115 cm³/mol. The fourth-order valence-electron chi connectivity index (χ4n) is 4.01. The van der Waals surface area contributed by atoms with E-state index in [2.05, 4.69) is 0 Å². The Hall–Kier alpha value is -1.63. The topological polar surface area (TPSA) is 70.0 Å². The molecule has 5 nitrogen and oxygen atoms in total. The minimum Gasteiger partial charge on any atom is -0.394 e. The maximum Gasteiger partial charge on any atom is 0.252 e. The highest BCUT2D eigenvalue weighted by molar-refractivity contribution is 6.30. The third kappa shape index (κ3) is 4.82. The van der Waals surface area contributed by atoms with Crippen molar-refractivity contribution in [3.63, 3.8) is 0 Å². The second kappa shape index (κ2) is 9.25. The van der Waals surface area contributed by atoms with Gasteiger partial charge < -0.3 is 19.8 Å². The van der Waals surface area contributed by atoms with Crippen LogP contribution in [0.3, 0.4) is 0 Å². The molecule has 0 bridgehead atoms. The lowest BCUT2D eigenvalue weighted by atomic mass is 9.90. The fraction of sp³-hybridized carbons (Fsp3) is 0.435. The molecule has 2 aliphatic rings. The van der Waals surface area contributed by atoms with Gasteiger partial charge in [-0.05, 0) is 54.2 Å². The van der Waals surface area contributed by atoms with Crippen LogP contribution in [0.25, 0.3) is 0 Å². The van der Waals surface area contributed by atoms with E-state index in [1.807, 2.05) is 47.4 Å². The van der Waals surface area contributed by atoms with Gasteiger partial charge in [-0.3, -0.25) is 4.79 Å². The maximum atomic E-state index is 13.4. The van der Waals surface area contributed by atoms with E-state index in [1.165, 1.54) is 0 Å². The molecule has 1 saturated carbocycles. The highest BCUT2D eigenvalue weighted by Gasteiger charge is 2.46. The van der Waals surface area contributed by atoms with Gasteiger partial charge in [0.2, 0.25) is 0 Å². The summed E-state index contributed by atoms with van der Waals surface area (Å²) in [5.74, 6) is 0.318. The smallest absolute Gasteiger partial charge is 0.252 e. The summed E-state index contributed by atoms with van der Waals surface area (Å²) in [5, 5.41) is 20.5. The number of hydrogen-bond donors (Lipinski definition) is 2. The van der Waals surface area contributed by atoms with E-state index in [4.69, 9.17) is 27.9 Å². The molecule has 1 aliphatic carbocycles. The second-order valence-corrected chi connectivity index (χ2v) is 8.98. The standard InChI is InChI=1S/C23H25Cl2NO4/c24-17-8-6-15(7-9-17)21-22(16-2-1-3-18(25)10-16)30-20(11-19(28)13-27)23(29)26(21)12-14-4-5-14/h1-3,6-10,14,19-22,27-28H,4-5,11-13H2/t19-,20-,21-,22+/m0/s1. The van der Waals surface area contributed by atoms with Gasteiger partial charge >= 0.3 is 0 Å². The van der Waals surface area contributed by atoms with Crippen LogP contribution in [0.2, 0.25) is 10.0 Å². The maximum absolute atomic E-state index is 13.4. The van der Waals surface area contributed by atoms with Crippen LogP contribution >= 0.6 is 23.2 Å². The van der Waals surface area contributed by atoms with Crippen molar-refractivity contribution in [2.24, 2.45) is 5.92 Å². The molecule has 1 aliphatic heterocycles. The van der Waals surface area contributed by atoms with Gasteiger partial charge in [0.05, 0.1) is 18.8 Å². The van der Waals surface area contributed by atoms with Gasteiger partial charge in [-0.15, -0.1) is 0 Å². The average molecular weight is 450 g/mol. The van der Waals surface area contributed by atoms with E-state index in [9.17, 15) is 15.0 Å². The summed E-state index contributed by atoms with van der Waals surface area (Å²) in [5.41, 5.74) is 1.79. The summed E-state index contributed by atoms with van der Waals surface area (Å²) < 4.78 is 6.29. The first-order valence-corrected chi connectivity index (χ1v) is 11.0. The van der Waals surface area contributed by atoms with Crippen LogP contribution in [0.5, 0.6) is 0 Å². The molecule has 160 valence electrons. The largest absolute Gasteiger partial charge is 0.394 e. The van der Waals surface area contributed by atoms with Crippen molar-refractivity contribution in [1.82, 2.24) is 4.90 Å². The predicted octanol–water partition coefficient (Wildman–Crippen LogP) is 4.16. The number of aliphatic hydroxyl groups excluding tert-OH is 2. The van der Waals surface area contributed by atoms with Crippen molar-refractivity contribution in [1.29, 1.82) is 0 Å². The molecule has 1 heterocycles. The molecular weight excluding hydrogens is 425 g/mol. The van der Waals surface area contributed by atoms with E-state index < -0.39 is 24.9 Å². The number of rotatable bonds is 7. The number of aliphatic hydroxyl groups is 2. The summed E-state index contributed by atoms with van der Waals surface area (Å²) in [6.07, 6.45) is -0.0709. The molecule has 1 amide bonds. The molecule has 1 saturated heterocycles. The minimum absolute atomic E-state index is 0.0426. The number of amides is 1. The monoisotopic (exact) mass is 449 g/mol. The molecule has 30 heavy (non-hydrogen) atoms. The molecule has 0 aromatic heterocycles. The summed E-state index contributed by atoms with van der Waals surface area (Å²) in [4.78, 5) is 15.3. The van der Waals surface area contributed by atoms with E-state index in [0.717, 1.165) is 24.0 Å². The number of nitrogens with zero attached hydrogens (tertiary/aromatic N) is 1. The molecule has 7 heteroatoms. The number of ether oxygens (including phenoxy) is 1. The summed E-state index contributed by atoms with van der Waals surface area (Å²) in [7, 11) is 0. The Morgan fingerprint density at radius 1 is 1.07 bits per heavy atom. The molecular formula is C23H25Cl2NO4. The Labute approximate surface area is 186 Å². The zero-order valence-electron chi connectivity index (χ0n) is 16.5. The first kappa shape index (κ1) is 21.6. The van der Waals surface area contributed by atoms with Crippen molar-refractivity contribution >= 4 is 29.1 Å². The van der Waals surface area contributed by atoms with Crippen LogP contribution in [0, 0.1) is 5.92 Å². The lowest BCUT2D eigenvalue weighted by Crippen LogP contribution is -2.52. The van der Waals surface area contributed by atoms with Crippen molar-refractivity contribution in [2.45, 2.75) is 43.6 Å². The normalized spacial score (nSPS) is 25.4. The fourth-order valence-corrected chi connectivity index (χ4v) is 4.34. The van der Waals surface area contributed by atoms with E-state index in [-0.39, 0.29) is 18.4 Å². The van der Waals surface area contributed by atoms with Crippen molar-refractivity contribution in [3.05, 3.63) is 69.7 Å². The van der Waals surface area contributed by atoms with Gasteiger partial charge in [0.25, 0.3) is 5.91 Å². The van der Waals surface area contributed by atoms with Crippen LogP contribution in [-0.2, 0) is 9.53 Å². The molecule has 0 radical (unpaired) electrons. The highest BCUT2D eigenvalue weighted by atomic mass is 35.5. The molecule has 4 rings (SSSR count). The number of carbonyl (C=O) groups is 1. The Morgan fingerprint density at radius 3 is 2.43 bits per heavy atom. The SMILES string of the molecule is O=C1[C@H](C[C@H](O)CO)O[C@H](c2cccc(Cl)c2)[C@H](c2ccc(Cl)cc2)N1CC1CC1. The van der Waals surface area contributed by atoms with Crippen molar-refractivity contribution < 1.29 is 19.7 Å². The number of halogens is 2. The Bertz CT molecular complexity index is 887. The lowest BCUT2D eigenvalue weighted by molar-refractivity contribution is -0.179. The van der Waals surface area contributed by atoms with Crippen LogP contribution in [0.4, 0.5) is 0 Å². The van der Waals surface area contributed by atoms with Gasteiger partial charge in [0.1, 0.15) is 12.2 Å². The van der Waals surface area contributed by atoms with Gasteiger partial charge in [-0.25, -0.2) is 0 Å². The number of morpholine rings is 1. The summed E-state index contributed by atoms with van der Waals surface area (Å²) >= 11 is 12.4. The summed E-state index contributed by atoms with van der Waals surface area (Å²) in [6.45, 7) is 0.219. The first-order valence-electron chi connectivity index (χ1n) is 10.2. The number of benzene rings is 2. The quantitative estimate of drug-likeness (QED) is 0.665. The Balaban J connectivity index is 1.76. The van der Waals surface area contributed by atoms with E-state index >= 15 is 0 Å².